The molecule has 120 valence electrons. The fourth-order valence-corrected chi connectivity index (χ4v) is 2.43. The van der Waals surface area contributed by atoms with Gasteiger partial charge < -0.3 is 5.32 Å². The van der Waals surface area contributed by atoms with E-state index in [-0.39, 0.29) is 11.4 Å². The Bertz CT molecular complexity index is 954. The van der Waals surface area contributed by atoms with Crippen LogP contribution in [0.1, 0.15) is 5.56 Å². The van der Waals surface area contributed by atoms with Crippen molar-refractivity contribution < 1.29 is 9.85 Å². The second kappa shape index (κ2) is 5.92. The fourth-order valence-electron chi connectivity index (χ4n) is 2.43. The van der Waals surface area contributed by atoms with Crippen LogP contribution in [-0.2, 0) is 0 Å². The summed E-state index contributed by atoms with van der Waals surface area (Å²) in [6.45, 7) is 1.84. The average molecular weight is 324 g/mol. The summed E-state index contributed by atoms with van der Waals surface area (Å²) in [5, 5.41) is 25.6. The lowest BCUT2D eigenvalue weighted by Gasteiger charge is -2.09. The number of para-hydroxylation sites is 1. The number of nitro benzene ring substituents is 2. The highest BCUT2D eigenvalue weighted by Gasteiger charge is 2.15. The molecule has 0 aliphatic carbocycles. The largest absolute Gasteiger partial charge is 0.340 e. The van der Waals surface area contributed by atoms with Gasteiger partial charge in [0.15, 0.2) is 5.52 Å². The van der Waals surface area contributed by atoms with Gasteiger partial charge in [0, 0.05) is 29.3 Å². The summed E-state index contributed by atoms with van der Waals surface area (Å²) >= 11 is 0. The molecule has 1 aromatic heterocycles. The van der Waals surface area contributed by atoms with E-state index in [9.17, 15) is 20.2 Å². The van der Waals surface area contributed by atoms with Gasteiger partial charge in [-0.25, -0.2) is 4.98 Å². The zero-order valence-corrected chi connectivity index (χ0v) is 12.6. The predicted octanol–water partition coefficient (Wildman–Crippen LogP) is 4.10. The molecule has 0 amide bonds. The monoisotopic (exact) mass is 324 g/mol. The van der Waals surface area contributed by atoms with Crippen LogP contribution in [0.2, 0.25) is 0 Å². The average Bonchev–Trinajstić information content (AvgIpc) is 2.54. The number of rotatable bonds is 4. The lowest BCUT2D eigenvalue weighted by molar-refractivity contribution is -0.384. The molecule has 24 heavy (non-hydrogen) atoms. The Morgan fingerprint density at radius 2 is 1.71 bits per heavy atom. The number of hydrogen-bond donors (Lipinski definition) is 1. The molecule has 3 aromatic rings. The lowest BCUT2D eigenvalue weighted by Crippen LogP contribution is -1.98. The minimum atomic E-state index is -0.481. The van der Waals surface area contributed by atoms with Crippen molar-refractivity contribution in [3.63, 3.8) is 0 Å². The Labute approximate surface area is 136 Å². The topological polar surface area (TPSA) is 111 Å². The predicted molar refractivity (Wildman–Crippen MR) is 89.5 cm³/mol. The van der Waals surface area contributed by atoms with Crippen LogP contribution in [0, 0.1) is 27.2 Å². The molecule has 1 N–H and O–H groups in total. The Morgan fingerprint density at radius 3 is 2.33 bits per heavy atom. The molecule has 1 heterocycles. The summed E-state index contributed by atoms with van der Waals surface area (Å²) in [5.74, 6) is 0.433. The maximum absolute atomic E-state index is 11.2. The zero-order valence-electron chi connectivity index (χ0n) is 12.6. The molecule has 3 rings (SSSR count). The van der Waals surface area contributed by atoms with Crippen LogP contribution in [0.4, 0.5) is 22.9 Å². The van der Waals surface area contributed by atoms with Gasteiger partial charge in [-0.3, -0.25) is 20.2 Å². The van der Waals surface area contributed by atoms with Gasteiger partial charge in [-0.05, 0) is 30.7 Å². The van der Waals surface area contributed by atoms with E-state index in [1.807, 2.05) is 6.92 Å². The van der Waals surface area contributed by atoms with Gasteiger partial charge in [0.25, 0.3) is 11.4 Å². The van der Waals surface area contributed by atoms with Crippen molar-refractivity contribution in [1.29, 1.82) is 0 Å². The van der Waals surface area contributed by atoms with E-state index in [2.05, 4.69) is 10.3 Å². The van der Waals surface area contributed by atoms with E-state index >= 15 is 0 Å². The number of non-ortho nitro benzene ring substituents is 2. The highest BCUT2D eigenvalue weighted by atomic mass is 16.6. The van der Waals surface area contributed by atoms with E-state index in [0.29, 0.717) is 22.4 Å². The van der Waals surface area contributed by atoms with E-state index in [1.165, 1.54) is 18.2 Å². The normalized spacial score (nSPS) is 10.5. The standard InChI is InChI=1S/C16H12N4O4/c1-10-9-15(17-11-5-7-12(8-6-11)19(21)22)18-16-13(10)3-2-4-14(16)20(23)24/h2-9H,1H3,(H,17,18). The smallest absolute Gasteiger partial charge is 0.295 e. The molecular weight excluding hydrogens is 312 g/mol. The molecule has 0 bridgehead atoms. The Balaban J connectivity index is 2.02. The third kappa shape index (κ3) is 2.84. The Kier molecular flexibility index (Phi) is 3.78. The van der Waals surface area contributed by atoms with Crippen LogP contribution < -0.4 is 5.32 Å². The maximum Gasteiger partial charge on any atom is 0.295 e. The van der Waals surface area contributed by atoms with Crippen molar-refractivity contribution in [1.82, 2.24) is 4.98 Å². The van der Waals surface area contributed by atoms with Crippen LogP contribution >= 0.6 is 0 Å². The molecule has 0 radical (unpaired) electrons. The fraction of sp³-hybridized carbons (Fsp3) is 0.0625. The van der Waals surface area contributed by atoms with Gasteiger partial charge in [0.2, 0.25) is 0 Å². The maximum atomic E-state index is 11.2. The van der Waals surface area contributed by atoms with E-state index in [4.69, 9.17) is 0 Å². The first-order valence-corrected chi connectivity index (χ1v) is 7.02. The number of hydrogen-bond acceptors (Lipinski definition) is 6. The lowest BCUT2D eigenvalue weighted by atomic mass is 10.1. The molecule has 0 spiro atoms. The number of anilines is 2. The second-order valence-corrected chi connectivity index (χ2v) is 5.18. The van der Waals surface area contributed by atoms with Gasteiger partial charge in [-0.2, -0.15) is 0 Å². The number of aryl methyl sites for hydroxylation is 1. The number of nitrogens with one attached hydrogen (secondary N) is 1. The van der Waals surface area contributed by atoms with Crippen molar-refractivity contribution in [3.8, 4) is 0 Å². The summed E-state index contributed by atoms with van der Waals surface area (Å²) < 4.78 is 0. The van der Waals surface area contributed by atoms with E-state index < -0.39 is 9.85 Å². The summed E-state index contributed by atoms with van der Waals surface area (Å²) in [6.07, 6.45) is 0. The van der Waals surface area contributed by atoms with Crippen molar-refractivity contribution in [2.75, 3.05) is 5.32 Å². The highest BCUT2D eigenvalue weighted by molar-refractivity contribution is 5.91. The third-order valence-corrected chi connectivity index (χ3v) is 3.57. The molecule has 2 aromatic carbocycles. The van der Waals surface area contributed by atoms with Crippen molar-refractivity contribution in [2.24, 2.45) is 0 Å². The SMILES string of the molecule is Cc1cc(Nc2ccc([N+](=O)[O-])cc2)nc2c([N+](=O)[O-])cccc12. The number of pyridine rings is 1. The van der Waals surface area contributed by atoms with Crippen LogP contribution in [0.3, 0.4) is 0 Å². The zero-order chi connectivity index (χ0) is 17.3. The van der Waals surface area contributed by atoms with Gasteiger partial charge in [-0.15, -0.1) is 0 Å². The first kappa shape index (κ1) is 15.3. The first-order chi connectivity index (χ1) is 11.5. The molecule has 8 nitrogen and oxygen atoms in total. The summed E-state index contributed by atoms with van der Waals surface area (Å²) in [6, 6.07) is 12.4. The van der Waals surface area contributed by atoms with Crippen LogP contribution in [-0.4, -0.2) is 14.8 Å². The van der Waals surface area contributed by atoms with E-state index in [1.54, 1.807) is 30.3 Å². The summed E-state index contributed by atoms with van der Waals surface area (Å²) in [5.41, 5.74) is 1.66. The molecule has 0 fully saturated rings. The molecule has 0 aliphatic rings. The van der Waals surface area contributed by atoms with Crippen LogP contribution in [0.5, 0.6) is 0 Å². The first-order valence-electron chi connectivity index (χ1n) is 7.02. The molecular formula is C16H12N4O4. The van der Waals surface area contributed by atoms with Crippen molar-refractivity contribution in [2.45, 2.75) is 6.92 Å². The van der Waals surface area contributed by atoms with Crippen molar-refractivity contribution >= 4 is 33.8 Å². The molecule has 0 saturated carbocycles. The van der Waals surface area contributed by atoms with Gasteiger partial charge in [0.1, 0.15) is 5.82 Å². The minimum Gasteiger partial charge on any atom is -0.340 e. The Hall–Kier alpha value is -3.55. The number of benzene rings is 2. The molecule has 0 atom stereocenters. The quantitative estimate of drug-likeness (QED) is 0.571. The number of aromatic nitrogens is 1. The van der Waals surface area contributed by atoms with Gasteiger partial charge in [-0.1, -0.05) is 12.1 Å². The molecule has 0 saturated heterocycles. The van der Waals surface area contributed by atoms with Crippen LogP contribution in [0.25, 0.3) is 10.9 Å². The Morgan fingerprint density at radius 1 is 1.00 bits per heavy atom. The van der Waals surface area contributed by atoms with Gasteiger partial charge >= 0.3 is 0 Å². The molecule has 0 unspecified atom stereocenters. The number of fused-ring (bicyclic) bond motifs is 1. The third-order valence-electron chi connectivity index (χ3n) is 3.57. The minimum absolute atomic E-state index is 0.0150. The van der Waals surface area contributed by atoms with Crippen molar-refractivity contribution in [3.05, 3.63) is 74.3 Å². The molecule has 0 aliphatic heterocycles. The van der Waals surface area contributed by atoms with Gasteiger partial charge in [0.05, 0.1) is 9.85 Å². The summed E-state index contributed by atoms with van der Waals surface area (Å²) in [4.78, 5) is 25.2. The highest BCUT2D eigenvalue weighted by Crippen LogP contribution is 2.29. The number of nitro groups is 2. The molecule has 8 heteroatoms. The second-order valence-electron chi connectivity index (χ2n) is 5.18. The van der Waals surface area contributed by atoms with Crippen LogP contribution in [0.15, 0.2) is 48.5 Å². The number of nitrogens with zero attached hydrogens (tertiary/aromatic N) is 3. The van der Waals surface area contributed by atoms with E-state index in [0.717, 1.165) is 5.56 Å². The summed E-state index contributed by atoms with van der Waals surface area (Å²) in [7, 11) is 0.